The van der Waals surface area contributed by atoms with Gasteiger partial charge in [-0.1, -0.05) is 13.8 Å². The first-order valence-electron chi connectivity index (χ1n) is 9.97. The van der Waals surface area contributed by atoms with Gasteiger partial charge in [-0.2, -0.15) is 0 Å². The number of benzene rings is 1. The predicted molar refractivity (Wildman–Crippen MR) is 106 cm³/mol. The minimum Gasteiger partial charge on any atom is -0.377 e. The number of carbonyl (C=O) groups excluding carboxylic acids is 2. The van der Waals surface area contributed by atoms with Gasteiger partial charge in [0, 0.05) is 43.2 Å². The Morgan fingerprint density at radius 1 is 1.18 bits per heavy atom. The summed E-state index contributed by atoms with van der Waals surface area (Å²) in [5.41, 5.74) is 0.668. The van der Waals surface area contributed by atoms with Crippen molar-refractivity contribution in [3.8, 4) is 0 Å². The standard InChI is InChI=1S/C20H28N4O4/c1-13(2)11-19(25)23-9-7-16(8-10-23)22-20(26)14-3-6-17(21-15-4-5-15)18(12-14)24(27)28/h3,6,12-13,15-16,21H,4-5,7-11H2,1-2H3,(H,22,26). The maximum atomic E-state index is 12.6. The topological polar surface area (TPSA) is 105 Å². The van der Waals surface area contributed by atoms with E-state index in [2.05, 4.69) is 10.6 Å². The van der Waals surface area contributed by atoms with Gasteiger partial charge in [0.15, 0.2) is 0 Å². The molecule has 2 fully saturated rings. The highest BCUT2D eigenvalue weighted by molar-refractivity contribution is 5.96. The SMILES string of the molecule is CC(C)CC(=O)N1CCC(NC(=O)c2ccc(NC3CC3)c([N+](=O)[O-])c2)CC1. The molecule has 1 aliphatic carbocycles. The summed E-state index contributed by atoms with van der Waals surface area (Å²) in [6, 6.07) is 4.83. The van der Waals surface area contributed by atoms with Crippen LogP contribution >= 0.6 is 0 Å². The number of nitro groups is 1. The van der Waals surface area contributed by atoms with Gasteiger partial charge in [0.2, 0.25) is 5.91 Å². The summed E-state index contributed by atoms with van der Waals surface area (Å²) in [4.78, 5) is 37.5. The van der Waals surface area contributed by atoms with Crippen LogP contribution in [-0.4, -0.2) is 46.8 Å². The van der Waals surface area contributed by atoms with Crippen LogP contribution in [0.15, 0.2) is 18.2 Å². The van der Waals surface area contributed by atoms with Crippen molar-refractivity contribution < 1.29 is 14.5 Å². The first-order chi connectivity index (χ1) is 13.3. The number of carbonyl (C=O) groups is 2. The van der Waals surface area contributed by atoms with Crippen LogP contribution in [0.3, 0.4) is 0 Å². The third-order valence-corrected chi connectivity index (χ3v) is 5.16. The molecule has 1 saturated heterocycles. The van der Waals surface area contributed by atoms with Crippen molar-refractivity contribution in [3.63, 3.8) is 0 Å². The normalized spacial score (nSPS) is 17.5. The number of rotatable bonds is 7. The summed E-state index contributed by atoms with van der Waals surface area (Å²) in [7, 11) is 0. The van der Waals surface area contributed by atoms with Crippen molar-refractivity contribution in [2.24, 2.45) is 5.92 Å². The summed E-state index contributed by atoms with van der Waals surface area (Å²) in [6.45, 7) is 5.30. The lowest BCUT2D eigenvalue weighted by Gasteiger charge is -2.32. The number of hydrogen-bond donors (Lipinski definition) is 2. The molecule has 0 radical (unpaired) electrons. The molecule has 1 heterocycles. The Bertz CT molecular complexity index is 753. The van der Waals surface area contributed by atoms with E-state index in [0.29, 0.717) is 50.0 Å². The van der Waals surface area contributed by atoms with Gasteiger partial charge in [-0.3, -0.25) is 19.7 Å². The van der Waals surface area contributed by atoms with Gasteiger partial charge in [0.1, 0.15) is 5.69 Å². The maximum Gasteiger partial charge on any atom is 0.293 e. The highest BCUT2D eigenvalue weighted by Crippen LogP contribution is 2.31. The number of anilines is 1. The zero-order chi connectivity index (χ0) is 20.3. The van der Waals surface area contributed by atoms with Crippen LogP contribution in [-0.2, 0) is 4.79 Å². The number of nitrogens with one attached hydrogen (secondary N) is 2. The van der Waals surface area contributed by atoms with Gasteiger partial charge in [0.25, 0.3) is 11.6 Å². The molecule has 8 heteroatoms. The van der Waals surface area contributed by atoms with E-state index in [-0.39, 0.29) is 29.1 Å². The van der Waals surface area contributed by atoms with Crippen molar-refractivity contribution in [2.75, 3.05) is 18.4 Å². The summed E-state index contributed by atoms with van der Waals surface area (Å²) in [6.07, 6.45) is 3.95. The van der Waals surface area contributed by atoms with Gasteiger partial charge in [-0.15, -0.1) is 0 Å². The van der Waals surface area contributed by atoms with E-state index in [1.807, 2.05) is 18.7 Å². The Morgan fingerprint density at radius 3 is 2.43 bits per heavy atom. The van der Waals surface area contributed by atoms with Crippen LogP contribution in [0.1, 0.15) is 56.3 Å². The first kappa shape index (κ1) is 20.1. The minimum absolute atomic E-state index is 0.0288. The second-order valence-corrected chi connectivity index (χ2v) is 8.13. The van der Waals surface area contributed by atoms with Gasteiger partial charge in [-0.25, -0.2) is 0 Å². The molecule has 28 heavy (non-hydrogen) atoms. The fraction of sp³-hybridized carbons (Fsp3) is 0.600. The fourth-order valence-corrected chi connectivity index (χ4v) is 3.41. The molecule has 0 aromatic heterocycles. The van der Waals surface area contributed by atoms with E-state index in [9.17, 15) is 19.7 Å². The molecule has 2 amide bonds. The Kier molecular flexibility index (Phi) is 6.16. The summed E-state index contributed by atoms with van der Waals surface area (Å²) in [5, 5.41) is 17.4. The number of piperidine rings is 1. The van der Waals surface area contributed by atoms with Crippen LogP contribution in [0.2, 0.25) is 0 Å². The molecule has 0 atom stereocenters. The number of likely N-dealkylation sites (tertiary alicyclic amines) is 1. The zero-order valence-electron chi connectivity index (χ0n) is 16.4. The molecule has 3 rings (SSSR count). The molecular weight excluding hydrogens is 360 g/mol. The van der Waals surface area contributed by atoms with Crippen LogP contribution in [0.4, 0.5) is 11.4 Å². The number of nitro benzene ring substituents is 1. The van der Waals surface area contributed by atoms with E-state index in [0.717, 1.165) is 12.8 Å². The highest BCUT2D eigenvalue weighted by atomic mass is 16.6. The third-order valence-electron chi connectivity index (χ3n) is 5.16. The van der Waals surface area contributed by atoms with E-state index in [1.165, 1.54) is 6.07 Å². The van der Waals surface area contributed by atoms with Crippen LogP contribution in [0, 0.1) is 16.0 Å². The second-order valence-electron chi connectivity index (χ2n) is 8.13. The summed E-state index contributed by atoms with van der Waals surface area (Å²) >= 11 is 0. The quantitative estimate of drug-likeness (QED) is 0.552. The third kappa shape index (κ3) is 5.21. The molecule has 152 valence electrons. The monoisotopic (exact) mass is 388 g/mol. The average Bonchev–Trinajstić information content (AvgIpc) is 3.45. The lowest BCUT2D eigenvalue weighted by atomic mass is 10.0. The van der Waals surface area contributed by atoms with Gasteiger partial charge < -0.3 is 15.5 Å². The Morgan fingerprint density at radius 2 is 1.86 bits per heavy atom. The number of hydrogen-bond acceptors (Lipinski definition) is 5. The summed E-state index contributed by atoms with van der Waals surface area (Å²) in [5.74, 6) is 0.181. The zero-order valence-corrected chi connectivity index (χ0v) is 16.4. The van der Waals surface area contributed by atoms with Crippen molar-refractivity contribution in [1.82, 2.24) is 10.2 Å². The summed E-state index contributed by atoms with van der Waals surface area (Å²) < 4.78 is 0. The Labute approximate surface area is 164 Å². The van der Waals surface area contributed by atoms with Crippen LogP contribution in [0.5, 0.6) is 0 Å². The second kappa shape index (κ2) is 8.58. The molecule has 0 unspecified atom stereocenters. The van der Waals surface area contributed by atoms with E-state index in [1.54, 1.807) is 12.1 Å². The van der Waals surface area contributed by atoms with E-state index in [4.69, 9.17) is 0 Å². The molecule has 0 bridgehead atoms. The number of nitrogens with zero attached hydrogens (tertiary/aromatic N) is 2. The highest BCUT2D eigenvalue weighted by Gasteiger charge is 2.27. The molecule has 0 spiro atoms. The van der Waals surface area contributed by atoms with Crippen LogP contribution < -0.4 is 10.6 Å². The van der Waals surface area contributed by atoms with Crippen molar-refractivity contribution in [2.45, 2.75) is 58.0 Å². The largest absolute Gasteiger partial charge is 0.377 e. The van der Waals surface area contributed by atoms with Crippen molar-refractivity contribution in [3.05, 3.63) is 33.9 Å². The molecule has 2 N–H and O–H groups in total. The molecule has 8 nitrogen and oxygen atoms in total. The minimum atomic E-state index is -0.458. The lowest BCUT2D eigenvalue weighted by Crippen LogP contribution is -2.46. The molecule has 1 aromatic rings. The number of amides is 2. The Balaban J connectivity index is 1.57. The maximum absolute atomic E-state index is 12.6. The van der Waals surface area contributed by atoms with E-state index >= 15 is 0 Å². The molecular formula is C20H28N4O4. The first-order valence-corrected chi connectivity index (χ1v) is 9.97. The molecule has 1 saturated carbocycles. The van der Waals surface area contributed by atoms with Gasteiger partial charge in [-0.05, 0) is 43.7 Å². The van der Waals surface area contributed by atoms with E-state index < -0.39 is 4.92 Å². The van der Waals surface area contributed by atoms with Gasteiger partial charge >= 0.3 is 0 Å². The molecule has 1 aliphatic heterocycles. The molecule has 1 aromatic carbocycles. The Hall–Kier alpha value is -2.64. The smallest absolute Gasteiger partial charge is 0.293 e. The van der Waals surface area contributed by atoms with Crippen molar-refractivity contribution in [1.29, 1.82) is 0 Å². The molecule has 2 aliphatic rings. The van der Waals surface area contributed by atoms with Crippen LogP contribution in [0.25, 0.3) is 0 Å². The fourth-order valence-electron chi connectivity index (χ4n) is 3.41. The van der Waals surface area contributed by atoms with Gasteiger partial charge in [0.05, 0.1) is 4.92 Å². The lowest BCUT2D eigenvalue weighted by molar-refractivity contribution is -0.384. The predicted octanol–water partition coefficient (Wildman–Crippen LogP) is 2.94. The average molecular weight is 388 g/mol. The van der Waals surface area contributed by atoms with Crippen molar-refractivity contribution >= 4 is 23.2 Å².